The quantitative estimate of drug-likeness (QED) is 0.796. The molecule has 0 aliphatic carbocycles. The van der Waals surface area contributed by atoms with Gasteiger partial charge in [0.05, 0.1) is 18.5 Å². The van der Waals surface area contributed by atoms with Crippen LogP contribution in [0.3, 0.4) is 0 Å². The lowest BCUT2D eigenvalue weighted by atomic mass is 10.2. The third-order valence-corrected chi connectivity index (χ3v) is 4.18. The number of para-hydroxylation sites is 2. The number of carbonyl (C=O) groups is 1. The van der Waals surface area contributed by atoms with Gasteiger partial charge in [-0.15, -0.1) is 0 Å². The molecule has 0 bridgehead atoms. The highest BCUT2D eigenvalue weighted by molar-refractivity contribution is 5.93. The van der Waals surface area contributed by atoms with Gasteiger partial charge < -0.3 is 14.8 Å². The number of nitrogens with one attached hydrogen (secondary N) is 1. The van der Waals surface area contributed by atoms with Crippen molar-refractivity contribution in [3.8, 4) is 17.2 Å². The van der Waals surface area contributed by atoms with Crippen LogP contribution in [0.2, 0.25) is 0 Å². The van der Waals surface area contributed by atoms with Crippen molar-refractivity contribution >= 4 is 5.91 Å². The first-order valence-corrected chi connectivity index (χ1v) is 7.96. The number of hydrogen-bond acceptors (Lipinski definition) is 4. The number of ether oxygens (including phenoxy) is 2. The zero-order valence-corrected chi connectivity index (χ0v) is 13.7. The summed E-state index contributed by atoms with van der Waals surface area (Å²) in [6.45, 7) is 0.745. The van der Waals surface area contributed by atoms with Gasteiger partial charge in [-0.25, -0.2) is 4.98 Å². The van der Waals surface area contributed by atoms with Crippen LogP contribution in [-0.2, 0) is 13.2 Å². The van der Waals surface area contributed by atoms with Crippen LogP contribution >= 0.6 is 0 Å². The van der Waals surface area contributed by atoms with Crippen LogP contribution in [0.25, 0.3) is 5.69 Å². The normalized spacial score (nSPS) is 11.9. The summed E-state index contributed by atoms with van der Waals surface area (Å²) < 4.78 is 12.8. The molecular formula is C19H17N3O3. The number of fused-ring (bicyclic) bond motifs is 3. The summed E-state index contributed by atoms with van der Waals surface area (Å²) in [5.74, 6) is 1.36. The van der Waals surface area contributed by atoms with Crippen molar-refractivity contribution < 1.29 is 14.3 Å². The van der Waals surface area contributed by atoms with Gasteiger partial charge in [0.25, 0.3) is 5.91 Å². The molecule has 0 atom stereocenters. The highest BCUT2D eigenvalue weighted by atomic mass is 16.5. The summed E-state index contributed by atoms with van der Waals surface area (Å²) in [7, 11) is 1.62. The molecule has 0 unspecified atom stereocenters. The molecule has 4 rings (SSSR count). The number of hydrogen-bond donors (Lipinski definition) is 1. The van der Waals surface area contributed by atoms with Crippen LogP contribution < -0.4 is 14.8 Å². The maximum atomic E-state index is 12.5. The van der Waals surface area contributed by atoms with Crippen LogP contribution in [0.15, 0.2) is 54.9 Å². The lowest BCUT2D eigenvalue weighted by Crippen LogP contribution is -2.25. The number of rotatable bonds is 4. The average Bonchev–Trinajstić information content (AvgIpc) is 3.11. The van der Waals surface area contributed by atoms with Crippen LogP contribution in [0, 0.1) is 0 Å². The third kappa shape index (κ3) is 2.82. The Morgan fingerprint density at radius 2 is 2.04 bits per heavy atom. The Hall–Kier alpha value is -3.28. The predicted octanol–water partition coefficient (Wildman–Crippen LogP) is 2.70. The second-order valence-corrected chi connectivity index (χ2v) is 5.70. The molecule has 6 nitrogen and oxygen atoms in total. The number of nitrogens with zero attached hydrogens (tertiary/aromatic N) is 2. The van der Waals surface area contributed by atoms with Gasteiger partial charge in [-0.2, -0.15) is 0 Å². The molecule has 3 aromatic rings. The molecule has 0 radical (unpaired) electrons. The minimum Gasteiger partial charge on any atom is -0.497 e. The van der Waals surface area contributed by atoms with Gasteiger partial charge in [-0.1, -0.05) is 24.3 Å². The van der Waals surface area contributed by atoms with Crippen LogP contribution in [-0.4, -0.2) is 22.6 Å². The van der Waals surface area contributed by atoms with Gasteiger partial charge in [-0.3, -0.25) is 9.36 Å². The topological polar surface area (TPSA) is 65.4 Å². The van der Waals surface area contributed by atoms with E-state index in [-0.39, 0.29) is 5.91 Å². The highest BCUT2D eigenvalue weighted by Gasteiger charge is 2.24. The summed E-state index contributed by atoms with van der Waals surface area (Å²) >= 11 is 0. The molecule has 1 aliphatic heterocycles. The number of benzene rings is 2. The standard InChI is InChI=1S/C19H17N3O3/c1-24-14-8-6-13(7-9-14)10-20-19(23)18-16-11-25-17-5-3-2-4-15(17)22(16)12-21-18/h2-9,12H,10-11H2,1H3,(H,20,23). The van der Waals surface area contributed by atoms with E-state index in [0.29, 0.717) is 18.8 Å². The SMILES string of the molecule is COc1ccc(CNC(=O)c2ncn3c2COc2ccccc2-3)cc1. The molecular weight excluding hydrogens is 318 g/mol. The van der Waals surface area contributed by atoms with E-state index in [1.165, 1.54) is 0 Å². The molecule has 1 N–H and O–H groups in total. The van der Waals surface area contributed by atoms with E-state index < -0.39 is 0 Å². The second-order valence-electron chi connectivity index (χ2n) is 5.70. The maximum absolute atomic E-state index is 12.5. The third-order valence-electron chi connectivity index (χ3n) is 4.18. The number of amides is 1. The zero-order chi connectivity index (χ0) is 17.2. The Kier molecular flexibility index (Phi) is 3.85. The zero-order valence-electron chi connectivity index (χ0n) is 13.7. The van der Waals surface area contributed by atoms with Crippen molar-refractivity contribution in [2.45, 2.75) is 13.2 Å². The largest absolute Gasteiger partial charge is 0.497 e. The highest BCUT2D eigenvalue weighted by Crippen LogP contribution is 2.30. The molecule has 2 heterocycles. The summed E-state index contributed by atoms with van der Waals surface area (Å²) in [5, 5.41) is 2.90. The molecule has 1 aromatic heterocycles. The molecule has 1 amide bonds. The monoisotopic (exact) mass is 335 g/mol. The van der Waals surface area contributed by atoms with Crippen molar-refractivity contribution in [1.29, 1.82) is 0 Å². The summed E-state index contributed by atoms with van der Waals surface area (Å²) in [6, 6.07) is 15.3. The first-order chi connectivity index (χ1) is 12.3. The molecule has 0 spiro atoms. The van der Waals surface area contributed by atoms with Crippen LogP contribution in [0.1, 0.15) is 21.7 Å². The fourth-order valence-corrected chi connectivity index (χ4v) is 2.84. The molecule has 2 aromatic carbocycles. The van der Waals surface area contributed by atoms with Crippen molar-refractivity contribution in [1.82, 2.24) is 14.9 Å². The minimum atomic E-state index is -0.215. The molecule has 25 heavy (non-hydrogen) atoms. The van der Waals surface area contributed by atoms with E-state index in [0.717, 1.165) is 28.4 Å². The van der Waals surface area contributed by atoms with Gasteiger partial charge >= 0.3 is 0 Å². The van der Waals surface area contributed by atoms with E-state index in [1.807, 2.05) is 53.1 Å². The van der Waals surface area contributed by atoms with Crippen molar-refractivity contribution in [2.75, 3.05) is 7.11 Å². The minimum absolute atomic E-state index is 0.215. The summed E-state index contributed by atoms with van der Waals surface area (Å²) in [6.07, 6.45) is 1.67. The lowest BCUT2D eigenvalue weighted by Gasteiger charge is -2.20. The Morgan fingerprint density at radius 3 is 2.84 bits per heavy atom. The first-order valence-electron chi connectivity index (χ1n) is 7.96. The van der Waals surface area contributed by atoms with Gasteiger partial charge in [0, 0.05) is 6.54 Å². The maximum Gasteiger partial charge on any atom is 0.272 e. The Bertz CT molecular complexity index is 916. The summed E-state index contributed by atoms with van der Waals surface area (Å²) in [4.78, 5) is 16.8. The fraction of sp³-hybridized carbons (Fsp3) is 0.158. The van der Waals surface area contributed by atoms with E-state index in [1.54, 1.807) is 13.4 Å². The molecule has 0 saturated carbocycles. The molecule has 6 heteroatoms. The molecule has 126 valence electrons. The number of imidazole rings is 1. The summed E-state index contributed by atoms with van der Waals surface area (Å²) in [5.41, 5.74) is 3.03. The van der Waals surface area contributed by atoms with Crippen LogP contribution in [0.4, 0.5) is 0 Å². The van der Waals surface area contributed by atoms with Crippen molar-refractivity contribution in [2.24, 2.45) is 0 Å². The van der Waals surface area contributed by atoms with E-state index in [4.69, 9.17) is 9.47 Å². The van der Waals surface area contributed by atoms with E-state index in [2.05, 4.69) is 10.3 Å². The average molecular weight is 335 g/mol. The Balaban J connectivity index is 1.51. The van der Waals surface area contributed by atoms with Gasteiger partial charge in [0.1, 0.15) is 24.4 Å². The molecule has 1 aliphatic rings. The van der Waals surface area contributed by atoms with E-state index in [9.17, 15) is 4.79 Å². The number of aromatic nitrogens is 2. The van der Waals surface area contributed by atoms with Crippen LogP contribution in [0.5, 0.6) is 11.5 Å². The second kappa shape index (κ2) is 6.32. The first kappa shape index (κ1) is 15.3. The lowest BCUT2D eigenvalue weighted by molar-refractivity contribution is 0.0943. The van der Waals surface area contributed by atoms with Gasteiger partial charge in [-0.05, 0) is 29.8 Å². The van der Waals surface area contributed by atoms with E-state index >= 15 is 0 Å². The Labute approximate surface area is 145 Å². The molecule has 0 saturated heterocycles. The molecule has 0 fully saturated rings. The smallest absolute Gasteiger partial charge is 0.272 e. The number of methoxy groups -OCH3 is 1. The predicted molar refractivity (Wildman–Crippen MR) is 92.1 cm³/mol. The van der Waals surface area contributed by atoms with Gasteiger partial charge in [0.15, 0.2) is 5.69 Å². The number of carbonyl (C=O) groups excluding carboxylic acids is 1. The van der Waals surface area contributed by atoms with Crippen molar-refractivity contribution in [3.63, 3.8) is 0 Å². The van der Waals surface area contributed by atoms with Gasteiger partial charge in [0.2, 0.25) is 0 Å². The fourth-order valence-electron chi connectivity index (χ4n) is 2.84. The Morgan fingerprint density at radius 1 is 1.24 bits per heavy atom. The van der Waals surface area contributed by atoms with Crippen molar-refractivity contribution in [3.05, 3.63) is 71.8 Å².